The molecule has 3 aliphatic heterocycles. The van der Waals surface area contributed by atoms with E-state index >= 15 is 0 Å². The van der Waals surface area contributed by atoms with Crippen molar-refractivity contribution in [3.05, 3.63) is 0 Å². The van der Waals surface area contributed by atoms with Crippen molar-refractivity contribution in [2.24, 2.45) is 0 Å². The third kappa shape index (κ3) is 0.509. The molecule has 3 fully saturated rings. The van der Waals surface area contributed by atoms with Crippen molar-refractivity contribution in [2.75, 3.05) is 19.8 Å². The Kier molecular flexibility index (Phi) is 0.840. The zero-order chi connectivity index (χ0) is 6.60. The second-order valence-electron chi connectivity index (χ2n) is 2.85. The third-order valence-electron chi connectivity index (χ3n) is 2.21. The van der Waals surface area contributed by atoms with Gasteiger partial charge in [0.25, 0.3) is 5.91 Å². The summed E-state index contributed by atoms with van der Waals surface area (Å²) in [6, 6.07) is 0. The molecule has 0 amide bonds. The second kappa shape index (κ2) is 1.53. The summed E-state index contributed by atoms with van der Waals surface area (Å²) < 4.78 is 16.1. The molecule has 0 saturated carbocycles. The fourth-order valence-corrected chi connectivity index (χ4v) is 1.65. The van der Waals surface area contributed by atoms with E-state index in [9.17, 15) is 0 Å². The lowest BCUT2D eigenvalue weighted by atomic mass is 10.3. The minimum atomic E-state index is -0.551. The molecule has 56 valence electrons. The molecule has 3 heterocycles. The average molecular weight is 143 g/mol. The van der Waals surface area contributed by atoms with Crippen molar-refractivity contribution in [1.29, 1.82) is 0 Å². The van der Waals surface area contributed by atoms with E-state index in [1.54, 1.807) is 0 Å². The largest absolute Gasteiger partial charge is 0.360 e. The van der Waals surface area contributed by atoms with Crippen LogP contribution < -0.4 is 5.32 Å². The topological polar surface area (TPSA) is 43.0 Å². The number of nitrogens with one attached hydrogen (secondary N) is 1. The molecule has 10 heavy (non-hydrogen) atoms. The molecule has 4 heteroatoms. The minimum absolute atomic E-state index is 0.162. The number of epoxide rings is 1. The van der Waals surface area contributed by atoms with Gasteiger partial charge in [-0.15, -0.1) is 0 Å². The van der Waals surface area contributed by atoms with Gasteiger partial charge in [-0.05, 0) is 0 Å². The standard InChI is InChI=1S/C6H9NO3/c1-2-8-6(7-1)5-4(10-5)3-9-6/h4-5,7H,1-3H2. The summed E-state index contributed by atoms with van der Waals surface area (Å²) in [4.78, 5) is 0. The van der Waals surface area contributed by atoms with Crippen LogP contribution in [0.15, 0.2) is 0 Å². The second-order valence-corrected chi connectivity index (χ2v) is 2.85. The molecular weight excluding hydrogens is 134 g/mol. The lowest BCUT2D eigenvalue weighted by molar-refractivity contribution is -0.225. The summed E-state index contributed by atoms with van der Waals surface area (Å²) >= 11 is 0. The molecule has 3 unspecified atom stereocenters. The van der Waals surface area contributed by atoms with Crippen LogP contribution in [0.2, 0.25) is 0 Å². The number of hydrogen-bond acceptors (Lipinski definition) is 4. The fourth-order valence-electron chi connectivity index (χ4n) is 1.65. The molecule has 0 aromatic rings. The maximum atomic E-state index is 5.41. The summed E-state index contributed by atoms with van der Waals surface area (Å²) in [6.07, 6.45) is 0.459. The van der Waals surface area contributed by atoms with Crippen LogP contribution in [0.25, 0.3) is 0 Å². The van der Waals surface area contributed by atoms with E-state index in [0.717, 1.165) is 13.2 Å². The monoisotopic (exact) mass is 143 g/mol. The van der Waals surface area contributed by atoms with Gasteiger partial charge in [0.05, 0.1) is 13.2 Å². The highest BCUT2D eigenvalue weighted by Gasteiger charge is 2.64. The van der Waals surface area contributed by atoms with Crippen LogP contribution in [-0.2, 0) is 14.2 Å². The number of fused-ring (bicyclic) bond motifs is 2. The van der Waals surface area contributed by atoms with Gasteiger partial charge in [0, 0.05) is 6.54 Å². The van der Waals surface area contributed by atoms with E-state index in [4.69, 9.17) is 14.2 Å². The molecule has 3 aliphatic rings. The third-order valence-corrected chi connectivity index (χ3v) is 2.21. The molecule has 0 aromatic heterocycles. The van der Waals surface area contributed by atoms with Crippen molar-refractivity contribution in [1.82, 2.24) is 5.32 Å². The van der Waals surface area contributed by atoms with Crippen molar-refractivity contribution in [3.8, 4) is 0 Å². The molecule has 1 N–H and O–H groups in total. The zero-order valence-corrected chi connectivity index (χ0v) is 5.50. The van der Waals surface area contributed by atoms with Gasteiger partial charge < -0.3 is 14.2 Å². The van der Waals surface area contributed by atoms with Crippen molar-refractivity contribution in [3.63, 3.8) is 0 Å². The Bertz CT molecular complexity index is 161. The molecule has 4 nitrogen and oxygen atoms in total. The Balaban J connectivity index is 1.89. The van der Waals surface area contributed by atoms with Crippen LogP contribution in [0, 0.1) is 0 Å². The Morgan fingerprint density at radius 1 is 1.40 bits per heavy atom. The van der Waals surface area contributed by atoms with Crippen LogP contribution >= 0.6 is 0 Å². The Hall–Kier alpha value is -0.160. The highest BCUT2D eigenvalue weighted by Crippen LogP contribution is 2.42. The molecule has 0 aromatic carbocycles. The van der Waals surface area contributed by atoms with Gasteiger partial charge in [-0.3, -0.25) is 5.32 Å². The first-order valence-electron chi connectivity index (χ1n) is 3.59. The lowest BCUT2D eigenvalue weighted by Crippen LogP contribution is -2.46. The maximum absolute atomic E-state index is 5.41. The Morgan fingerprint density at radius 3 is 2.90 bits per heavy atom. The van der Waals surface area contributed by atoms with Gasteiger partial charge in [-0.1, -0.05) is 0 Å². The first-order valence-corrected chi connectivity index (χ1v) is 3.59. The molecule has 3 atom stereocenters. The molecule has 0 bridgehead atoms. The minimum Gasteiger partial charge on any atom is -0.360 e. The average Bonchev–Trinajstić information content (AvgIpc) is 2.49. The van der Waals surface area contributed by atoms with Gasteiger partial charge in [0.15, 0.2) is 6.10 Å². The Morgan fingerprint density at radius 2 is 2.40 bits per heavy atom. The smallest absolute Gasteiger partial charge is 0.258 e. The number of ether oxygens (including phenoxy) is 3. The van der Waals surface area contributed by atoms with E-state index in [1.807, 2.05) is 0 Å². The molecule has 1 spiro atoms. The summed E-state index contributed by atoms with van der Waals surface area (Å²) in [5, 5.41) is 3.15. The van der Waals surface area contributed by atoms with Gasteiger partial charge in [0.1, 0.15) is 6.10 Å². The summed E-state index contributed by atoms with van der Waals surface area (Å²) in [5.41, 5.74) is 0. The number of rotatable bonds is 0. The first-order chi connectivity index (χ1) is 4.91. The molecule has 3 saturated heterocycles. The van der Waals surface area contributed by atoms with Gasteiger partial charge in [-0.25, -0.2) is 0 Å². The van der Waals surface area contributed by atoms with E-state index in [1.165, 1.54) is 0 Å². The summed E-state index contributed by atoms with van der Waals surface area (Å²) in [6.45, 7) is 2.27. The van der Waals surface area contributed by atoms with Crippen LogP contribution in [0.3, 0.4) is 0 Å². The quantitative estimate of drug-likeness (QED) is 0.444. The van der Waals surface area contributed by atoms with E-state index in [-0.39, 0.29) is 6.10 Å². The van der Waals surface area contributed by atoms with E-state index < -0.39 is 5.91 Å². The van der Waals surface area contributed by atoms with Crippen LogP contribution in [0.1, 0.15) is 0 Å². The van der Waals surface area contributed by atoms with Gasteiger partial charge in [0.2, 0.25) is 0 Å². The van der Waals surface area contributed by atoms with Gasteiger partial charge in [-0.2, -0.15) is 0 Å². The normalized spacial score (nSPS) is 57.6. The molecule has 0 radical (unpaired) electrons. The summed E-state index contributed by atoms with van der Waals surface area (Å²) in [5.74, 6) is -0.551. The first kappa shape index (κ1) is 5.49. The highest BCUT2D eigenvalue weighted by molar-refractivity contribution is 5.03. The predicted molar refractivity (Wildman–Crippen MR) is 31.3 cm³/mol. The van der Waals surface area contributed by atoms with Crippen LogP contribution in [-0.4, -0.2) is 37.9 Å². The van der Waals surface area contributed by atoms with Crippen LogP contribution in [0.4, 0.5) is 0 Å². The van der Waals surface area contributed by atoms with Crippen molar-refractivity contribution in [2.45, 2.75) is 18.1 Å². The fraction of sp³-hybridized carbons (Fsp3) is 1.00. The Labute approximate surface area is 58.4 Å². The van der Waals surface area contributed by atoms with Gasteiger partial charge >= 0.3 is 0 Å². The predicted octanol–water partition coefficient (Wildman–Crippen LogP) is -0.942. The molecule has 0 aliphatic carbocycles. The van der Waals surface area contributed by atoms with Crippen molar-refractivity contribution < 1.29 is 14.2 Å². The number of hydrogen-bond donors (Lipinski definition) is 1. The lowest BCUT2D eigenvalue weighted by Gasteiger charge is -2.22. The van der Waals surface area contributed by atoms with Crippen molar-refractivity contribution >= 4 is 0 Å². The van der Waals surface area contributed by atoms with E-state index in [0.29, 0.717) is 12.7 Å². The van der Waals surface area contributed by atoms with Crippen LogP contribution in [0.5, 0.6) is 0 Å². The molecule has 3 rings (SSSR count). The summed E-state index contributed by atoms with van der Waals surface area (Å²) in [7, 11) is 0. The zero-order valence-electron chi connectivity index (χ0n) is 5.50. The van der Waals surface area contributed by atoms with E-state index in [2.05, 4.69) is 5.32 Å². The SMILES string of the molecule is C1COC2(N1)OCC1OC12. The maximum Gasteiger partial charge on any atom is 0.258 e. The molecular formula is C6H9NO3. The highest BCUT2D eigenvalue weighted by atomic mass is 16.8.